The van der Waals surface area contributed by atoms with Crippen LogP contribution < -0.4 is 5.32 Å². The lowest BCUT2D eigenvalue weighted by Gasteiger charge is -2.27. The Morgan fingerprint density at radius 3 is 2.28 bits per heavy atom. The average molecular weight is 371 g/mol. The molecule has 13 heteroatoms. The van der Waals surface area contributed by atoms with Gasteiger partial charge >= 0.3 is 23.9 Å². The normalized spacial score (nSPS) is 12.9. The van der Waals surface area contributed by atoms with Gasteiger partial charge in [0.05, 0.1) is 0 Å². The summed E-state index contributed by atoms with van der Waals surface area (Å²) in [6.45, 7) is 0. The summed E-state index contributed by atoms with van der Waals surface area (Å²) in [6, 6.07) is 5.06. The molecule has 1 amide bonds. The van der Waals surface area contributed by atoms with Crippen molar-refractivity contribution in [1.82, 2.24) is 20.6 Å². The van der Waals surface area contributed by atoms with E-state index in [1.165, 1.54) is 23.5 Å². The maximum atomic E-state index is 13.4. The van der Waals surface area contributed by atoms with Gasteiger partial charge in [-0.2, -0.15) is 30.7 Å². The molecular formula is C12H8F7N5O. The molecule has 2 rings (SSSR count). The molecule has 6 nitrogen and oxygen atoms in total. The molecule has 0 aliphatic carbocycles. The van der Waals surface area contributed by atoms with E-state index in [1.807, 2.05) is 0 Å². The Hall–Kier alpha value is -2.73. The van der Waals surface area contributed by atoms with Crippen molar-refractivity contribution in [2.45, 2.75) is 24.4 Å². The van der Waals surface area contributed by atoms with Crippen LogP contribution in [0.5, 0.6) is 0 Å². The monoisotopic (exact) mass is 371 g/mol. The van der Waals surface area contributed by atoms with E-state index in [-0.39, 0.29) is 23.5 Å². The van der Waals surface area contributed by atoms with E-state index in [0.717, 1.165) is 6.07 Å². The molecular weight excluding hydrogens is 363 g/mol. The number of para-hydroxylation sites is 1. The van der Waals surface area contributed by atoms with Crippen molar-refractivity contribution in [2.24, 2.45) is 0 Å². The summed E-state index contributed by atoms with van der Waals surface area (Å²) in [5, 5.41) is 13.7. The molecule has 0 radical (unpaired) electrons. The van der Waals surface area contributed by atoms with Gasteiger partial charge in [0.25, 0.3) is 0 Å². The zero-order chi connectivity index (χ0) is 18.9. The van der Waals surface area contributed by atoms with Crippen LogP contribution in [0.2, 0.25) is 0 Å². The second-order valence-corrected chi connectivity index (χ2v) is 4.78. The Labute approximate surface area is 134 Å². The number of nitrogens with zero attached hydrogens (tertiary/aromatic N) is 3. The first kappa shape index (κ1) is 18.6. The molecule has 0 fully saturated rings. The summed E-state index contributed by atoms with van der Waals surface area (Å²) < 4.78 is 88.9. The first-order valence-electron chi connectivity index (χ1n) is 6.41. The highest BCUT2D eigenvalue weighted by Crippen LogP contribution is 2.46. The number of benzene rings is 1. The van der Waals surface area contributed by atoms with Crippen LogP contribution in [0, 0.1) is 0 Å². The van der Waals surface area contributed by atoms with Crippen molar-refractivity contribution < 1.29 is 35.5 Å². The topological polar surface area (TPSA) is 83.6 Å². The van der Waals surface area contributed by atoms with Crippen LogP contribution in [0.1, 0.15) is 11.4 Å². The van der Waals surface area contributed by atoms with Gasteiger partial charge in [-0.1, -0.05) is 18.2 Å². The number of alkyl halides is 7. The van der Waals surface area contributed by atoms with Crippen LogP contribution in [0.15, 0.2) is 24.3 Å². The van der Waals surface area contributed by atoms with Crippen molar-refractivity contribution in [3.8, 4) is 0 Å². The fraction of sp³-hybridized carbons (Fsp3) is 0.333. The lowest BCUT2D eigenvalue weighted by molar-refractivity contribution is -0.343. The minimum atomic E-state index is -6.60. The number of tetrazole rings is 1. The lowest BCUT2D eigenvalue weighted by atomic mass is 10.1. The van der Waals surface area contributed by atoms with E-state index >= 15 is 0 Å². The van der Waals surface area contributed by atoms with E-state index in [0.29, 0.717) is 0 Å². The molecule has 0 spiro atoms. The van der Waals surface area contributed by atoms with Crippen LogP contribution in [-0.2, 0) is 11.2 Å². The largest absolute Gasteiger partial charge is 0.460 e. The van der Waals surface area contributed by atoms with Crippen molar-refractivity contribution in [2.75, 3.05) is 5.32 Å². The molecule has 2 N–H and O–H groups in total. The molecule has 0 atom stereocenters. The van der Waals surface area contributed by atoms with Gasteiger partial charge in [-0.25, -0.2) is 5.10 Å². The summed E-state index contributed by atoms with van der Waals surface area (Å²) >= 11 is 0. The number of halogens is 7. The fourth-order valence-corrected chi connectivity index (χ4v) is 1.75. The minimum Gasteiger partial charge on any atom is -0.320 e. The van der Waals surface area contributed by atoms with Crippen molar-refractivity contribution in [1.29, 1.82) is 0 Å². The van der Waals surface area contributed by atoms with Gasteiger partial charge < -0.3 is 5.32 Å². The number of H-pyrrole nitrogens is 1. The van der Waals surface area contributed by atoms with Crippen LogP contribution in [0.3, 0.4) is 0 Å². The van der Waals surface area contributed by atoms with Gasteiger partial charge in [0, 0.05) is 12.1 Å². The molecule has 1 aromatic carbocycles. The van der Waals surface area contributed by atoms with E-state index < -0.39 is 23.9 Å². The Kier molecular flexibility index (Phi) is 4.68. The highest BCUT2D eigenvalue weighted by molar-refractivity contribution is 5.97. The number of rotatable bonds is 5. The van der Waals surface area contributed by atoms with Crippen LogP contribution >= 0.6 is 0 Å². The minimum absolute atomic E-state index is 0.112. The summed E-state index contributed by atoms with van der Waals surface area (Å²) in [5.41, 5.74) is -0.276. The maximum Gasteiger partial charge on any atom is 0.460 e. The number of hydrogen-bond acceptors (Lipinski definition) is 4. The molecule has 0 bridgehead atoms. The summed E-state index contributed by atoms with van der Waals surface area (Å²) in [7, 11) is 0. The fourth-order valence-electron chi connectivity index (χ4n) is 1.75. The van der Waals surface area contributed by atoms with Crippen molar-refractivity contribution in [3.63, 3.8) is 0 Å². The third-order valence-electron chi connectivity index (χ3n) is 3.05. The Bertz CT molecular complexity index is 745. The molecule has 136 valence electrons. The summed E-state index contributed by atoms with van der Waals surface area (Å²) in [4.78, 5) is 11.4. The third-order valence-corrected chi connectivity index (χ3v) is 3.05. The van der Waals surface area contributed by atoms with Gasteiger partial charge in [-0.3, -0.25) is 4.79 Å². The van der Waals surface area contributed by atoms with Crippen LogP contribution in [0.4, 0.5) is 36.4 Å². The number of nitrogens with one attached hydrogen (secondary N) is 2. The SMILES string of the molecule is O=C(Nc1ccccc1Cc1nnn[nH]1)C(F)(F)C(F)(F)C(F)(F)F. The number of aromatic nitrogens is 4. The Morgan fingerprint density at radius 1 is 1.08 bits per heavy atom. The van der Waals surface area contributed by atoms with Gasteiger partial charge in [-0.15, -0.1) is 5.10 Å². The summed E-state index contributed by atoms with van der Waals surface area (Å²) in [6.07, 6.45) is -6.72. The Morgan fingerprint density at radius 2 is 1.72 bits per heavy atom. The van der Waals surface area contributed by atoms with Gasteiger partial charge in [-0.05, 0) is 22.1 Å². The first-order valence-corrected chi connectivity index (χ1v) is 6.41. The number of hydrogen-bond donors (Lipinski definition) is 2. The quantitative estimate of drug-likeness (QED) is 0.792. The summed E-state index contributed by atoms with van der Waals surface area (Å²) in [5.74, 6) is -15.2. The maximum absolute atomic E-state index is 13.4. The lowest BCUT2D eigenvalue weighted by Crippen LogP contribution is -2.57. The first-order chi connectivity index (χ1) is 11.5. The van der Waals surface area contributed by atoms with Crippen LogP contribution in [0.25, 0.3) is 0 Å². The second-order valence-electron chi connectivity index (χ2n) is 4.78. The average Bonchev–Trinajstić information content (AvgIpc) is 3.00. The van der Waals surface area contributed by atoms with Gasteiger partial charge in [0.2, 0.25) is 0 Å². The number of amides is 1. The molecule has 0 saturated carbocycles. The van der Waals surface area contributed by atoms with E-state index in [1.54, 1.807) is 0 Å². The predicted molar refractivity (Wildman–Crippen MR) is 68.0 cm³/mol. The number of aromatic amines is 1. The zero-order valence-electron chi connectivity index (χ0n) is 11.9. The van der Waals surface area contributed by atoms with Crippen molar-refractivity contribution >= 4 is 11.6 Å². The molecule has 0 aliphatic rings. The molecule has 0 aliphatic heterocycles. The molecule has 2 aromatic rings. The van der Waals surface area contributed by atoms with Crippen molar-refractivity contribution in [3.05, 3.63) is 35.7 Å². The zero-order valence-corrected chi connectivity index (χ0v) is 11.9. The molecule has 0 unspecified atom stereocenters. The smallest absolute Gasteiger partial charge is 0.320 e. The molecule has 25 heavy (non-hydrogen) atoms. The second kappa shape index (κ2) is 6.29. The number of carbonyl (C=O) groups is 1. The van der Waals surface area contributed by atoms with Crippen LogP contribution in [-0.4, -0.2) is 44.6 Å². The van der Waals surface area contributed by atoms with Gasteiger partial charge in [0.1, 0.15) is 0 Å². The molecule has 1 aromatic heterocycles. The van der Waals surface area contributed by atoms with E-state index in [9.17, 15) is 35.5 Å². The number of anilines is 1. The van der Waals surface area contributed by atoms with E-state index in [4.69, 9.17) is 0 Å². The predicted octanol–water partition coefficient (Wildman–Crippen LogP) is 2.56. The third kappa shape index (κ3) is 3.53. The number of carbonyl (C=O) groups excluding carboxylic acids is 1. The van der Waals surface area contributed by atoms with E-state index in [2.05, 4.69) is 20.6 Å². The highest BCUT2D eigenvalue weighted by Gasteiger charge is 2.76. The van der Waals surface area contributed by atoms with Gasteiger partial charge in [0.15, 0.2) is 5.82 Å². The molecule has 0 saturated heterocycles. The molecule has 1 heterocycles. The standard InChI is InChI=1S/C12H8F7N5O/c13-10(14,11(15,16)12(17,18)19)9(25)20-7-4-2-1-3-6(7)5-8-21-23-24-22-8/h1-4H,5H2,(H,20,25)(H,21,22,23,24). The highest BCUT2D eigenvalue weighted by atomic mass is 19.4. The Balaban J connectivity index is 2.26.